The molecule has 0 saturated carbocycles. The molecule has 1 fully saturated rings. The molecule has 0 atom stereocenters. The summed E-state index contributed by atoms with van der Waals surface area (Å²) in [7, 11) is 1.41. The number of rotatable bonds is 7. The predicted octanol–water partition coefficient (Wildman–Crippen LogP) is 2.80. The van der Waals surface area contributed by atoms with Crippen LogP contribution in [0.2, 0.25) is 5.02 Å². The molecular weight excluding hydrogens is 448 g/mol. The van der Waals surface area contributed by atoms with E-state index in [1.54, 1.807) is 0 Å². The Hall–Kier alpha value is -3.30. The van der Waals surface area contributed by atoms with Crippen molar-refractivity contribution >= 4 is 23.4 Å². The Morgan fingerprint density at radius 3 is 2.67 bits per heavy atom. The van der Waals surface area contributed by atoms with Crippen LogP contribution in [0.3, 0.4) is 0 Å². The van der Waals surface area contributed by atoms with Crippen LogP contribution in [0.25, 0.3) is 11.5 Å². The zero-order valence-electron chi connectivity index (χ0n) is 18.1. The highest BCUT2D eigenvalue weighted by atomic mass is 35.5. The van der Waals surface area contributed by atoms with Crippen LogP contribution in [-0.2, 0) is 6.42 Å². The van der Waals surface area contributed by atoms with E-state index in [-0.39, 0.29) is 28.4 Å². The molecule has 9 nitrogen and oxygen atoms in total. The summed E-state index contributed by atoms with van der Waals surface area (Å²) in [6.07, 6.45) is 1.06. The van der Waals surface area contributed by atoms with E-state index >= 15 is 0 Å². The van der Waals surface area contributed by atoms with Crippen LogP contribution in [-0.4, -0.2) is 47.5 Å². The van der Waals surface area contributed by atoms with Crippen LogP contribution >= 0.6 is 11.6 Å². The van der Waals surface area contributed by atoms with Gasteiger partial charge in [0, 0.05) is 25.7 Å². The van der Waals surface area contributed by atoms with E-state index in [1.807, 2.05) is 18.2 Å². The number of amides is 1. The fourth-order valence-electron chi connectivity index (χ4n) is 4.04. The van der Waals surface area contributed by atoms with Gasteiger partial charge in [-0.15, -0.1) is 5.10 Å². The molecule has 1 N–H and O–H groups in total. The number of carboxylic acid groups (broad SMARTS) is 1. The molecule has 0 aliphatic carbocycles. The number of methoxy groups -OCH3 is 1. The molecule has 0 unspecified atom stereocenters. The third kappa shape index (κ3) is 5.37. The standard InChI is InChI=1S/C23H25ClN4O5/c1-32-20-14-19(25-22(29)30)18(24)13-17(20)21-26-28(23(31)33-21)16-8-11-27(12-9-16)10-7-15-5-3-2-4-6-15/h2-6,13-14,16,25H,7-12H2,1H3,(H,29,30)/p-1. The average Bonchev–Trinajstić information content (AvgIpc) is 3.21. The maximum atomic E-state index is 12.5. The van der Waals surface area contributed by atoms with Crippen molar-refractivity contribution in [2.24, 2.45) is 0 Å². The number of benzene rings is 2. The minimum Gasteiger partial charge on any atom is -0.530 e. The van der Waals surface area contributed by atoms with Crippen LogP contribution < -0.4 is 20.9 Å². The van der Waals surface area contributed by atoms with Crippen molar-refractivity contribution in [2.75, 3.05) is 32.1 Å². The highest BCUT2D eigenvalue weighted by molar-refractivity contribution is 6.34. The topological polar surface area (TPSA) is 113 Å². The second-order valence-corrected chi connectivity index (χ2v) is 8.28. The monoisotopic (exact) mass is 471 g/mol. The molecule has 0 bridgehead atoms. The number of piperidine rings is 1. The maximum absolute atomic E-state index is 12.5. The van der Waals surface area contributed by atoms with Gasteiger partial charge in [0.15, 0.2) is 0 Å². The average molecular weight is 472 g/mol. The van der Waals surface area contributed by atoms with Crippen molar-refractivity contribution in [1.29, 1.82) is 0 Å². The first kappa shape index (κ1) is 22.9. The Morgan fingerprint density at radius 1 is 1.27 bits per heavy atom. The maximum Gasteiger partial charge on any atom is 0.437 e. The van der Waals surface area contributed by atoms with Gasteiger partial charge in [0.25, 0.3) is 5.89 Å². The molecule has 1 aliphatic rings. The minimum absolute atomic E-state index is 0.0604. The molecular formula is C23H24ClN4O5-. The summed E-state index contributed by atoms with van der Waals surface area (Å²) >= 11 is 6.17. The number of aromatic nitrogens is 2. The Labute approximate surface area is 195 Å². The summed E-state index contributed by atoms with van der Waals surface area (Å²) in [6, 6.07) is 13.1. The second-order valence-electron chi connectivity index (χ2n) is 7.87. The molecule has 3 aromatic rings. The Morgan fingerprint density at radius 2 is 2.00 bits per heavy atom. The van der Waals surface area contributed by atoms with Gasteiger partial charge >= 0.3 is 5.76 Å². The van der Waals surface area contributed by atoms with Crippen molar-refractivity contribution in [3.8, 4) is 17.2 Å². The molecule has 0 radical (unpaired) electrons. The summed E-state index contributed by atoms with van der Waals surface area (Å²) in [5, 5.41) is 17.4. The van der Waals surface area contributed by atoms with Gasteiger partial charge in [0.1, 0.15) is 11.8 Å². The summed E-state index contributed by atoms with van der Waals surface area (Å²) in [6.45, 7) is 2.70. The zero-order valence-corrected chi connectivity index (χ0v) is 18.9. The van der Waals surface area contributed by atoms with E-state index in [2.05, 4.69) is 27.4 Å². The van der Waals surface area contributed by atoms with Gasteiger partial charge in [-0.25, -0.2) is 4.79 Å². The molecule has 10 heteroatoms. The van der Waals surface area contributed by atoms with Crippen LogP contribution in [0.15, 0.2) is 51.7 Å². The molecule has 33 heavy (non-hydrogen) atoms. The van der Waals surface area contributed by atoms with E-state index < -0.39 is 11.8 Å². The normalized spacial score (nSPS) is 14.8. The summed E-state index contributed by atoms with van der Waals surface area (Å²) in [4.78, 5) is 25.8. The first-order chi connectivity index (χ1) is 15.9. The summed E-state index contributed by atoms with van der Waals surface area (Å²) in [5.74, 6) is -0.236. The van der Waals surface area contributed by atoms with Gasteiger partial charge < -0.3 is 29.3 Å². The van der Waals surface area contributed by atoms with Crippen molar-refractivity contribution in [3.63, 3.8) is 0 Å². The zero-order chi connectivity index (χ0) is 23.4. The number of nitrogens with zero attached hydrogens (tertiary/aromatic N) is 3. The lowest BCUT2D eigenvalue weighted by molar-refractivity contribution is -0.242. The second kappa shape index (κ2) is 10.1. The van der Waals surface area contributed by atoms with Gasteiger partial charge in [0.2, 0.25) is 0 Å². The van der Waals surface area contributed by atoms with Crippen molar-refractivity contribution < 1.29 is 19.1 Å². The van der Waals surface area contributed by atoms with E-state index in [0.29, 0.717) is 5.56 Å². The number of hydrogen-bond acceptors (Lipinski definition) is 7. The number of halogens is 1. The molecule has 174 valence electrons. The van der Waals surface area contributed by atoms with Gasteiger partial charge in [-0.05, 0) is 30.9 Å². The predicted molar refractivity (Wildman–Crippen MR) is 122 cm³/mol. The number of nitrogens with one attached hydrogen (secondary N) is 1. The Bertz CT molecular complexity index is 1170. The number of carbonyl (C=O) groups excluding carboxylic acids is 1. The number of ether oxygens (including phenoxy) is 1. The smallest absolute Gasteiger partial charge is 0.437 e. The highest BCUT2D eigenvalue weighted by Crippen LogP contribution is 2.36. The van der Waals surface area contributed by atoms with Crippen molar-refractivity contribution in [3.05, 3.63) is 63.6 Å². The molecule has 2 heterocycles. The summed E-state index contributed by atoms with van der Waals surface area (Å²) in [5.41, 5.74) is 1.76. The molecule has 1 aromatic heterocycles. The fourth-order valence-corrected chi connectivity index (χ4v) is 4.25. The molecule has 0 spiro atoms. The largest absolute Gasteiger partial charge is 0.530 e. The Kier molecular flexibility index (Phi) is 7.00. The Balaban J connectivity index is 1.45. The van der Waals surface area contributed by atoms with E-state index in [9.17, 15) is 14.7 Å². The van der Waals surface area contributed by atoms with Crippen LogP contribution in [0.5, 0.6) is 5.75 Å². The summed E-state index contributed by atoms with van der Waals surface area (Å²) < 4.78 is 12.1. The number of likely N-dealkylation sites (tertiary alicyclic amines) is 1. The quantitative estimate of drug-likeness (QED) is 0.563. The lowest BCUT2D eigenvalue weighted by Crippen LogP contribution is -2.38. The van der Waals surface area contributed by atoms with Crippen LogP contribution in [0, 0.1) is 0 Å². The van der Waals surface area contributed by atoms with E-state index in [0.717, 1.165) is 38.9 Å². The molecule has 1 aliphatic heterocycles. The van der Waals surface area contributed by atoms with Gasteiger partial charge in [-0.3, -0.25) is 0 Å². The molecule has 1 saturated heterocycles. The van der Waals surface area contributed by atoms with E-state index in [4.69, 9.17) is 20.8 Å². The van der Waals surface area contributed by atoms with Crippen molar-refractivity contribution in [2.45, 2.75) is 25.3 Å². The highest BCUT2D eigenvalue weighted by Gasteiger charge is 2.25. The van der Waals surface area contributed by atoms with E-state index in [1.165, 1.54) is 29.5 Å². The lowest BCUT2D eigenvalue weighted by atomic mass is 10.0. The molecule has 2 aromatic carbocycles. The van der Waals surface area contributed by atoms with Gasteiger partial charge in [0.05, 0.1) is 29.4 Å². The number of carbonyl (C=O) groups is 1. The first-order valence-electron chi connectivity index (χ1n) is 10.7. The molecule has 4 rings (SSSR count). The van der Waals surface area contributed by atoms with Crippen molar-refractivity contribution in [1.82, 2.24) is 14.7 Å². The number of anilines is 1. The first-order valence-corrected chi connectivity index (χ1v) is 11.0. The lowest BCUT2D eigenvalue weighted by Gasteiger charge is -2.31. The fraction of sp³-hybridized carbons (Fsp3) is 0.348. The van der Waals surface area contributed by atoms with Gasteiger partial charge in [-0.2, -0.15) is 4.68 Å². The van der Waals surface area contributed by atoms with Crippen LogP contribution in [0.1, 0.15) is 24.4 Å². The van der Waals surface area contributed by atoms with Crippen LogP contribution in [0.4, 0.5) is 10.5 Å². The SMILES string of the molecule is COc1cc(NC(=O)[O-])c(Cl)cc1-c1nn(C2CCN(CCc3ccccc3)CC2)c(=O)o1. The third-order valence-electron chi connectivity index (χ3n) is 5.79. The van der Waals surface area contributed by atoms with Gasteiger partial charge in [-0.1, -0.05) is 41.9 Å². The minimum atomic E-state index is -1.50. The third-order valence-corrected chi connectivity index (χ3v) is 6.10. The number of hydrogen-bond donors (Lipinski definition) is 1. The molecule has 1 amide bonds.